The quantitative estimate of drug-likeness (QED) is 0.117. The number of carbonyl (C=O) groups excluding carboxylic acids is 1. The number of carbonyl (C=O) groups is 1. The lowest BCUT2D eigenvalue weighted by atomic mass is 10.1. The Morgan fingerprint density at radius 3 is 1.64 bits per heavy atom. The van der Waals surface area contributed by atoms with Crippen LogP contribution in [0.5, 0.6) is 11.5 Å². The highest BCUT2D eigenvalue weighted by atomic mass is 32.2. The second-order valence-electron chi connectivity index (χ2n) is 9.45. The summed E-state index contributed by atoms with van der Waals surface area (Å²) in [5, 5.41) is 0.235. The van der Waals surface area contributed by atoms with Crippen LogP contribution in [-0.4, -0.2) is 57.1 Å². The predicted octanol–water partition coefficient (Wildman–Crippen LogP) is 7.48. The van der Waals surface area contributed by atoms with Gasteiger partial charge in [-0.3, -0.25) is 4.79 Å². The first-order valence-electron chi connectivity index (χ1n) is 14.5. The van der Waals surface area contributed by atoms with Crippen molar-refractivity contribution in [3.63, 3.8) is 0 Å². The zero-order valence-electron chi connectivity index (χ0n) is 23.8. The van der Waals surface area contributed by atoms with Crippen LogP contribution in [0.1, 0.15) is 70.3 Å². The van der Waals surface area contributed by atoms with Crippen LogP contribution >= 0.6 is 11.8 Å². The third-order valence-corrected chi connectivity index (χ3v) is 6.95. The number of hydrogen-bond acceptors (Lipinski definition) is 7. The summed E-state index contributed by atoms with van der Waals surface area (Å²) in [5.41, 5.74) is 1.14. The molecule has 0 bridgehead atoms. The van der Waals surface area contributed by atoms with Crippen molar-refractivity contribution >= 4 is 16.9 Å². The van der Waals surface area contributed by atoms with Crippen molar-refractivity contribution in [2.45, 2.75) is 71.3 Å². The summed E-state index contributed by atoms with van der Waals surface area (Å²) in [4.78, 5) is 10.9. The normalized spacial score (nSPS) is 11.0. The van der Waals surface area contributed by atoms with E-state index in [1.54, 1.807) is 6.92 Å². The molecule has 2 rings (SSSR count). The van der Waals surface area contributed by atoms with E-state index in [0.717, 1.165) is 42.3 Å². The molecular formula is C32H48O6S. The van der Waals surface area contributed by atoms with Gasteiger partial charge in [0.25, 0.3) is 0 Å². The van der Waals surface area contributed by atoms with Crippen LogP contribution < -0.4 is 9.47 Å². The van der Waals surface area contributed by atoms with Crippen LogP contribution in [-0.2, 0) is 25.6 Å². The van der Waals surface area contributed by atoms with E-state index in [1.807, 2.05) is 54.6 Å². The van der Waals surface area contributed by atoms with Crippen LogP contribution in [0.4, 0.5) is 0 Å². The first-order chi connectivity index (χ1) is 19.2. The Kier molecular flexibility index (Phi) is 20.2. The largest absolute Gasteiger partial charge is 0.491 e. The molecule has 0 fully saturated rings. The molecule has 0 saturated heterocycles. The highest BCUT2D eigenvalue weighted by Gasteiger charge is 1.99. The van der Waals surface area contributed by atoms with Crippen molar-refractivity contribution in [2.24, 2.45) is 0 Å². The van der Waals surface area contributed by atoms with Crippen molar-refractivity contribution in [3.05, 3.63) is 60.2 Å². The first kappa shape index (κ1) is 33.1. The third-order valence-electron chi connectivity index (χ3n) is 6.05. The lowest BCUT2D eigenvalue weighted by molar-refractivity contribution is -0.109. The minimum Gasteiger partial charge on any atom is -0.491 e. The predicted molar refractivity (Wildman–Crippen MR) is 160 cm³/mol. The summed E-state index contributed by atoms with van der Waals surface area (Å²) in [7, 11) is 0. The van der Waals surface area contributed by atoms with Gasteiger partial charge in [-0.05, 0) is 42.7 Å². The summed E-state index contributed by atoms with van der Waals surface area (Å²) in [6.07, 6.45) is 11.3. The Hall–Kier alpha value is -2.06. The topological polar surface area (TPSA) is 63.2 Å². The van der Waals surface area contributed by atoms with Crippen LogP contribution in [0, 0.1) is 0 Å². The number of hydrogen-bond donors (Lipinski definition) is 0. The number of rotatable bonds is 25. The molecule has 0 aliphatic rings. The van der Waals surface area contributed by atoms with E-state index >= 15 is 0 Å². The minimum absolute atomic E-state index is 0.235. The summed E-state index contributed by atoms with van der Waals surface area (Å²) in [6.45, 7) is 6.37. The molecule has 39 heavy (non-hydrogen) atoms. The van der Waals surface area contributed by atoms with Gasteiger partial charge >= 0.3 is 0 Å². The standard InChI is InChI=1S/C32H48O6S/c1-29(33)39-27-13-8-6-4-2-3-5-7-12-20-34-21-22-35-23-24-36-25-26-37-31-16-18-32(19-17-31)38-28-30-14-10-9-11-15-30/h9-11,14-19H,2-8,12-13,20-28H2,1H3. The molecule has 0 aliphatic carbocycles. The van der Waals surface area contributed by atoms with Crippen LogP contribution in [0.3, 0.4) is 0 Å². The molecule has 6 nitrogen and oxygen atoms in total. The van der Waals surface area contributed by atoms with Crippen molar-refractivity contribution in [3.8, 4) is 11.5 Å². The Bertz CT molecular complexity index is 830. The van der Waals surface area contributed by atoms with E-state index in [9.17, 15) is 4.79 Å². The number of unbranched alkanes of at least 4 members (excludes halogenated alkanes) is 8. The average Bonchev–Trinajstić information content (AvgIpc) is 2.95. The second kappa shape index (κ2) is 23.8. The fraction of sp³-hybridized carbons (Fsp3) is 0.594. The molecule has 0 unspecified atom stereocenters. The molecule has 0 atom stereocenters. The maximum atomic E-state index is 10.9. The van der Waals surface area contributed by atoms with E-state index in [-0.39, 0.29) is 5.12 Å². The van der Waals surface area contributed by atoms with E-state index in [0.29, 0.717) is 46.2 Å². The van der Waals surface area contributed by atoms with Gasteiger partial charge in [0.2, 0.25) is 0 Å². The molecular weight excluding hydrogens is 512 g/mol. The van der Waals surface area contributed by atoms with Gasteiger partial charge in [0.1, 0.15) is 24.7 Å². The van der Waals surface area contributed by atoms with Crippen LogP contribution in [0.15, 0.2) is 54.6 Å². The van der Waals surface area contributed by atoms with E-state index in [1.165, 1.54) is 56.7 Å². The molecule has 0 radical (unpaired) electrons. The lowest BCUT2D eigenvalue weighted by Gasteiger charge is -2.10. The average molecular weight is 561 g/mol. The van der Waals surface area contributed by atoms with Crippen LogP contribution in [0.2, 0.25) is 0 Å². The summed E-state index contributed by atoms with van der Waals surface area (Å²) >= 11 is 1.45. The number of benzene rings is 2. The fourth-order valence-electron chi connectivity index (χ4n) is 3.89. The zero-order chi connectivity index (χ0) is 27.6. The molecule has 218 valence electrons. The zero-order valence-corrected chi connectivity index (χ0v) is 24.6. The van der Waals surface area contributed by atoms with Gasteiger partial charge in [-0.2, -0.15) is 0 Å². The molecule has 0 amide bonds. The third kappa shape index (κ3) is 19.6. The number of ether oxygens (including phenoxy) is 5. The highest BCUT2D eigenvalue weighted by molar-refractivity contribution is 8.13. The highest BCUT2D eigenvalue weighted by Crippen LogP contribution is 2.18. The van der Waals surface area contributed by atoms with Gasteiger partial charge in [-0.25, -0.2) is 0 Å². The van der Waals surface area contributed by atoms with Crippen LogP contribution in [0.25, 0.3) is 0 Å². The molecule has 2 aromatic rings. The Morgan fingerprint density at radius 1 is 0.564 bits per heavy atom. The van der Waals surface area contributed by atoms with Gasteiger partial charge in [0, 0.05) is 19.3 Å². The van der Waals surface area contributed by atoms with Gasteiger partial charge in [-0.1, -0.05) is 87.0 Å². The smallest absolute Gasteiger partial charge is 0.185 e. The fourth-order valence-corrected chi connectivity index (χ4v) is 4.53. The summed E-state index contributed by atoms with van der Waals surface area (Å²) in [5.74, 6) is 2.60. The van der Waals surface area contributed by atoms with Gasteiger partial charge in [-0.15, -0.1) is 0 Å². The summed E-state index contributed by atoms with van der Waals surface area (Å²) < 4.78 is 28.3. The lowest BCUT2D eigenvalue weighted by Crippen LogP contribution is -2.13. The maximum absolute atomic E-state index is 10.9. The van der Waals surface area contributed by atoms with Crippen molar-refractivity contribution in [2.75, 3.05) is 52.0 Å². The van der Waals surface area contributed by atoms with E-state index < -0.39 is 0 Å². The maximum Gasteiger partial charge on any atom is 0.185 e. The van der Waals surface area contributed by atoms with E-state index in [4.69, 9.17) is 23.7 Å². The molecule has 0 aromatic heterocycles. The molecule has 2 aromatic carbocycles. The Labute approximate surface area is 240 Å². The monoisotopic (exact) mass is 560 g/mol. The SMILES string of the molecule is CC(=O)SCCCCCCCCCCCOCCOCCOCCOc1ccc(OCc2ccccc2)cc1. The van der Waals surface area contributed by atoms with Gasteiger partial charge in [0.05, 0.1) is 33.0 Å². The van der Waals surface area contributed by atoms with Gasteiger partial charge < -0.3 is 23.7 Å². The Morgan fingerprint density at radius 2 is 1.05 bits per heavy atom. The molecule has 0 heterocycles. The van der Waals surface area contributed by atoms with Crippen molar-refractivity contribution < 1.29 is 28.5 Å². The Balaban J connectivity index is 1.27. The molecule has 0 spiro atoms. The molecule has 7 heteroatoms. The van der Waals surface area contributed by atoms with Crippen molar-refractivity contribution in [1.29, 1.82) is 0 Å². The molecule has 0 saturated carbocycles. The van der Waals surface area contributed by atoms with E-state index in [2.05, 4.69) is 0 Å². The minimum atomic E-state index is 0.235. The van der Waals surface area contributed by atoms with Crippen molar-refractivity contribution in [1.82, 2.24) is 0 Å². The second-order valence-corrected chi connectivity index (χ2v) is 10.7. The first-order valence-corrected chi connectivity index (χ1v) is 15.5. The van der Waals surface area contributed by atoms with Gasteiger partial charge in [0.15, 0.2) is 5.12 Å². The molecule has 0 aliphatic heterocycles. The molecule has 0 N–H and O–H groups in total. The summed E-state index contributed by atoms with van der Waals surface area (Å²) in [6, 6.07) is 17.8. The number of thioether (sulfide) groups is 1.